The van der Waals surface area contributed by atoms with Crippen molar-refractivity contribution in [2.45, 2.75) is 27.3 Å². The van der Waals surface area contributed by atoms with Gasteiger partial charge >= 0.3 is 5.97 Å². The van der Waals surface area contributed by atoms with Crippen LogP contribution in [0.3, 0.4) is 0 Å². The van der Waals surface area contributed by atoms with Gasteiger partial charge in [-0.15, -0.1) is 0 Å². The Bertz CT molecular complexity index is 414. The van der Waals surface area contributed by atoms with E-state index in [1.165, 1.54) is 0 Å². The first-order valence-electron chi connectivity index (χ1n) is 6.15. The molecule has 0 fully saturated rings. The van der Waals surface area contributed by atoms with Crippen molar-refractivity contribution < 1.29 is 9.53 Å². The molecule has 1 aromatic rings. The molecule has 0 aliphatic rings. The molecule has 0 radical (unpaired) electrons. The summed E-state index contributed by atoms with van der Waals surface area (Å²) in [5.41, 5.74) is 1.34. The number of carbonyl (C=O) groups excluding carboxylic acids is 1. The number of carbonyl (C=O) groups is 1. The molecule has 0 amide bonds. The first-order chi connectivity index (χ1) is 8.54. The molecule has 0 aromatic carbocycles. The van der Waals surface area contributed by atoms with Gasteiger partial charge in [-0.3, -0.25) is 9.58 Å². The number of hydrogen-bond donors (Lipinski definition) is 0. The standard InChI is InChI=1S/C12H20BrN3O2/c1-5-16(6-2)8-9-10(13)11(15(4)14-9)12(17)18-7-3/h5-8H2,1-4H3. The fourth-order valence-electron chi connectivity index (χ4n) is 1.73. The predicted octanol–water partition coefficient (Wildman–Crippen LogP) is 2.20. The van der Waals surface area contributed by atoms with E-state index in [4.69, 9.17) is 4.74 Å². The smallest absolute Gasteiger partial charge is 0.357 e. The third-order valence-electron chi connectivity index (χ3n) is 2.79. The highest BCUT2D eigenvalue weighted by molar-refractivity contribution is 9.10. The van der Waals surface area contributed by atoms with Crippen LogP contribution in [0.1, 0.15) is 37.0 Å². The van der Waals surface area contributed by atoms with Gasteiger partial charge in [-0.25, -0.2) is 4.79 Å². The molecule has 0 saturated heterocycles. The average Bonchev–Trinajstić information content (AvgIpc) is 2.61. The lowest BCUT2D eigenvalue weighted by Gasteiger charge is -2.16. The molecule has 1 rings (SSSR count). The number of rotatable bonds is 6. The van der Waals surface area contributed by atoms with E-state index in [-0.39, 0.29) is 5.97 Å². The van der Waals surface area contributed by atoms with Crippen LogP contribution in [-0.2, 0) is 18.3 Å². The van der Waals surface area contributed by atoms with Crippen LogP contribution in [0.25, 0.3) is 0 Å². The van der Waals surface area contributed by atoms with Crippen molar-refractivity contribution in [3.8, 4) is 0 Å². The van der Waals surface area contributed by atoms with Crippen LogP contribution in [0.2, 0.25) is 0 Å². The molecule has 0 aliphatic carbocycles. The molecule has 0 saturated carbocycles. The van der Waals surface area contributed by atoms with Gasteiger partial charge < -0.3 is 4.74 Å². The lowest BCUT2D eigenvalue weighted by Crippen LogP contribution is -2.22. The van der Waals surface area contributed by atoms with Crippen LogP contribution in [0.15, 0.2) is 4.47 Å². The second-order valence-corrected chi connectivity index (χ2v) is 4.71. The zero-order chi connectivity index (χ0) is 13.7. The van der Waals surface area contributed by atoms with Crippen molar-refractivity contribution in [1.29, 1.82) is 0 Å². The minimum absolute atomic E-state index is 0.342. The first kappa shape index (κ1) is 15.2. The van der Waals surface area contributed by atoms with Crippen LogP contribution < -0.4 is 0 Å². The Balaban J connectivity index is 2.96. The summed E-state index contributed by atoms with van der Waals surface area (Å²) in [6.45, 7) is 8.99. The molecule has 0 unspecified atom stereocenters. The molecule has 18 heavy (non-hydrogen) atoms. The number of aryl methyl sites for hydroxylation is 1. The van der Waals surface area contributed by atoms with Gasteiger partial charge in [0.25, 0.3) is 0 Å². The monoisotopic (exact) mass is 317 g/mol. The van der Waals surface area contributed by atoms with Crippen molar-refractivity contribution in [3.05, 3.63) is 15.9 Å². The quantitative estimate of drug-likeness (QED) is 0.755. The molecule has 1 aromatic heterocycles. The minimum Gasteiger partial charge on any atom is -0.461 e. The molecule has 1 heterocycles. The van der Waals surface area contributed by atoms with Crippen LogP contribution >= 0.6 is 15.9 Å². The third kappa shape index (κ3) is 3.32. The summed E-state index contributed by atoms with van der Waals surface area (Å²) >= 11 is 3.45. The van der Waals surface area contributed by atoms with E-state index in [1.807, 2.05) is 0 Å². The molecular formula is C12H20BrN3O2. The highest BCUT2D eigenvalue weighted by atomic mass is 79.9. The minimum atomic E-state index is -0.342. The van der Waals surface area contributed by atoms with E-state index in [0.29, 0.717) is 12.3 Å². The number of ether oxygens (including phenoxy) is 1. The molecule has 0 N–H and O–H groups in total. The second kappa shape index (κ2) is 6.89. The topological polar surface area (TPSA) is 47.4 Å². The van der Waals surface area contributed by atoms with Gasteiger partial charge in [0.05, 0.1) is 16.8 Å². The van der Waals surface area contributed by atoms with E-state index >= 15 is 0 Å². The molecule has 6 heteroatoms. The van der Waals surface area contributed by atoms with Gasteiger partial charge in [0.15, 0.2) is 5.69 Å². The Morgan fingerprint density at radius 2 is 2.00 bits per heavy atom. The second-order valence-electron chi connectivity index (χ2n) is 3.91. The van der Waals surface area contributed by atoms with E-state index in [9.17, 15) is 4.79 Å². The van der Waals surface area contributed by atoms with Gasteiger partial charge in [-0.1, -0.05) is 13.8 Å². The fourth-order valence-corrected chi connectivity index (χ4v) is 2.36. The van der Waals surface area contributed by atoms with Crippen LogP contribution in [0, 0.1) is 0 Å². The summed E-state index contributed by atoms with van der Waals surface area (Å²) in [5.74, 6) is -0.342. The zero-order valence-corrected chi connectivity index (χ0v) is 13.0. The summed E-state index contributed by atoms with van der Waals surface area (Å²) in [5, 5.41) is 4.38. The van der Waals surface area contributed by atoms with Crippen molar-refractivity contribution in [1.82, 2.24) is 14.7 Å². The number of esters is 1. The normalized spacial score (nSPS) is 11.0. The maximum absolute atomic E-state index is 11.8. The zero-order valence-electron chi connectivity index (χ0n) is 11.4. The van der Waals surface area contributed by atoms with E-state index in [2.05, 4.69) is 39.8 Å². The summed E-state index contributed by atoms with van der Waals surface area (Å²) in [6.07, 6.45) is 0. The summed E-state index contributed by atoms with van der Waals surface area (Å²) in [4.78, 5) is 14.0. The molecule has 0 spiro atoms. The number of aromatic nitrogens is 2. The predicted molar refractivity (Wildman–Crippen MR) is 73.5 cm³/mol. The highest BCUT2D eigenvalue weighted by Gasteiger charge is 2.21. The van der Waals surface area contributed by atoms with Crippen molar-refractivity contribution in [2.24, 2.45) is 7.05 Å². The van der Waals surface area contributed by atoms with Crippen molar-refractivity contribution in [3.63, 3.8) is 0 Å². The lowest BCUT2D eigenvalue weighted by atomic mass is 10.3. The van der Waals surface area contributed by atoms with Crippen molar-refractivity contribution in [2.75, 3.05) is 19.7 Å². The van der Waals surface area contributed by atoms with Crippen LogP contribution in [0.5, 0.6) is 0 Å². The van der Waals surface area contributed by atoms with Gasteiger partial charge in [-0.05, 0) is 35.9 Å². The molecule has 0 atom stereocenters. The number of hydrogen-bond acceptors (Lipinski definition) is 4. The van der Waals surface area contributed by atoms with Gasteiger partial charge in [0, 0.05) is 13.6 Å². The molecule has 0 bridgehead atoms. The molecule has 102 valence electrons. The van der Waals surface area contributed by atoms with Crippen LogP contribution in [0.4, 0.5) is 0 Å². The van der Waals surface area contributed by atoms with E-state index in [0.717, 1.165) is 29.8 Å². The average molecular weight is 318 g/mol. The number of nitrogens with zero attached hydrogens (tertiary/aromatic N) is 3. The van der Waals surface area contributed by atoms with Crippen LogP contribution in [-0.4, -0.2) is 40.3 Å². The summed E-state index contributed by atoms with van der Waals surface area (Å²) < 4.78 is 7.32. The fraction of sp³-hybridized carbons (Fsp3) is 0.667. The maximum atomic E-state index is 11.8. The van der Waals surface area contributed by atoms with Gasteiger partial charge in [0.2, 0.25) is 0 Å². The first-order valence-corrected chi connectivity index (χ1v) is 6.95. The molecule has 0 aliphatic heterocycles. The Morgan fingerprint density at radius 3 is 2.50 bits per heavy atom. The summed E-state index contributed by atoms with van der Waals surface area (Å²) in [7, 11) is 1.75. The molecule has 5 nitrogen and oxygen atoms in total. The third-order valence-corrected chi connectivity index (χ3v) is 3.63. The van der Waals surface area contributed by atoms with Crippen molar-refractivity contribution >= 4 is 21.9 Å². The Labute approximate surface area is 116 Å². The Kier molecular flexibility index (Phi) is 5.81. The highest BCUT2D eigenvalue weighted by Crippen LogP contribution is 2.23. The Morgan fingerprint density at radius 1 is 1.39 bits per heavy atom. The summed E-state index contributed by atoms with van der Waals surface area (Å²) in [6, 6.07) is 0. The Hall–Kier alpha value is -0.880. The van der Waals surface area contributed by atoms with E-state index in [1.54, 1.807) is 18.7 Å². The largest absolute Gasteiger partial charge is 0.461 e. The SMILES string of the molecule is CCOC(=O)c1c(Br)c(CN(CC)CC)nn1C. The maximum Gasteiger partial charge on any atom is 0.357 e. The number of halogens is 1. The lowest BCUT2D eigenvalue weighted by molar-refractivity contribution is 0.0512. The molecular weight excluding hydrogens is 298 g/mol. The van der Waals surface area contributed by atoms with E-state index < -0.39 is 0 Å². The van der Waals surface area contributed by atoms with Gasteiger partial charge in [-0.2, -0.15) is 5.10 Å². The van der Waals surface area contributed by atoms with Gasteiger partial charge in [0.1, 0.15) is 0 Å².